The highest BCUT2D eigenvalue weighted by Crippen LogP contribution is 2.58. The largest absolute Gasteiger partial charge is 0.273 e. The summed E-state index contributed by atoms with van der Waals surface area (Å²) in [7, 11) is 0. The molecular weight excluding hydrogens is 356 g/mol. The molecule has 1 aliphatic rings. The number of carbonyl (C=O) groups is 1. The van der Waals surface area contributed by atoms with Gasteiger partial charge in [0.2, 0.25) is 5.91 Å². The van der Waals surface area contributed by atoms with E-state index in [1.807, 2.05) is 66.7 Å². The second-order valence-electron chi connectivity index (χ2n) is 7.95. The Morgan fingerprint density at radius 1 is 0.862 bits per heavy atom. The van der Waals surface area contributed by atoms with Crippen molar-refractivity contribution < 1.29 is 4.79 Å². The number of nitrogens with zero attached hydrogens (tertiary/aromatic N) is 1. The molecule has 0 spiro atoms. The van der Waals surface area contributed by atoms with Crippen molar-refractivity contribution in [2.45, 2.75) is 25.7 Å². The van der Waals surface area contributed by atoms with E-state index in [-0.39, 0.29) is 23.2 Å². The smallest absolute Gasteiger partial charge is 0.244 e. The van der Waals surface area contributed by atoms with Crippen molar-refractivity contribution >= 4 is 11.6 Å². The lowest BCUT2D eigenvalue weighted by Crippen LogP contribution is -2.27. The minimum Gasteiger partial charge on any atom is -0.273 e. The van der Waals surface area contributed by atoms with E-state index in [4.69, 9.17) is 0 Å². The fraction of sp³-hybridized carbons (Fsp3) is 0.231. The molecule has 0 unspecified atom stereocenters. The SMILES string of the molecule is CC(C)C(=NNC(=O)[C@H]1CC1(c1ccccc1)c1ccccc1)c1ccccc1. The van der Waals surface area contributed by atoms with Crippen molar-refractivity contribution in [1.82, 2.24) is 5.43 Å². The summed E-state index contributed by atoms with van der Waals surface area (Å²) in [6.45, 7) is 4.18. The lowest BCUT2D eigenvalue weighted by atomic mass is 9.85. The molecule has 0 heterocycles. The summed E-state index contributed by atoms with van der Waals surface area (Å²) < 4.78 is 0. The molecule has 3 heteroatoms. The van der Waals surface area contributed by atoms with Gasteiger partial charge in [0.25, 0.3) is 0 Å². The van der Waals surface area contributed by atoms with Gasteiger partial charge in [-0.1, -0.05) is 105 Å². The van der Waals surface area contributed by atoms with Gasteiger partial charge in [-0.2, -0.15) is 5.10 Å². The highest BCUT2D eigenvalue weighted by atomic mass is 16.2. The summed E-state index contributed by atoms with van der Waals surface area (Å²) in [5.74, 6) is 0.0666. The fourth-order valence-electron chi connectivity index (χ4n) is 4.18. The Labute approximate surface area is 172 Å². The minimum absolute atomic E-state index is 0.0215. The van der Waals surface area contributed by atoms with Crippen LogP contribution in [0.2, 0.25) is 0 Å². The van der Waals surface area contributed by atoms with Crippen LogP contribution in [0.1, 0.15) is 37.0 Å². The van der Waals surface area contributed by atoms with Crippen molar-refractivity contribution in [1.29, 1.82) is 0 Å². The molecule has 1 saturated carbocycles. The molecule has 1 amide bonds. The first-order chi connectivity index (χ1) is 14.1. The van der Waals surface area contributed by atoms with Crippen molar-refractivity contribution in [2.24, 2.45) is 16.9 Å². The van der Waals surface area contributed by atoms with E-state index in [0.29, 0.717) is 0 Å². The Kier molecular flexibility index (Phi) is 5.30. The van der Waals surface area contributed by atoms with Gasteiger partial charge >= 0.3 is 0 Å². The predicted molar refractivity (Wildman–Crippen MR) is 118 cm³/mol. The van der Waals surface area contributed by atoms with Crippen molar-refractivity contribution in [3.63, 3.8) is 0 Å². The second-order valence-corrected chi connectivity index (χ2v) is 7.95. The summed E-state index contributed by atoms with van der Waals surface area (Å²) in [6, 6.07) is 30.7. The molecule has 1 fully saturated rings. The Hall–Kier alpha value is -3.20. The number of hydrogen-bond donors (Lipinski definition) is 1. The lowest BCUT2D eigenvalue weighted by molar-refractivity contribution is -0.122. The van der Waals surface area contributed by atoms with Crippen LogP contribution in [0.5, 0.6) is 0 Å². The summed E-state index contributed by atoms with van der Waals surface area (Å²) in [5.41, 5.74) is 6.89. The number of rotatable bonds is 6. The van der Waals surface area contributed by atoms with Gasteiger partial charge < -0.3 is 0 Å². The van der Waals surface area contributed by atoms with Crippen LogP contribution in [0.15, 0.2) is 96.1 Å². The van der Waals surface area contributed by atoms with Crippen LogP contribution in [-0.4, -0.2) is 11.6 Å². The number of hydrogen-bond acceptors (Lipinski definition) is 2. The topological polar surface area (TPSA) is 41.5 Å². The van der Waals surface area contributed by atoms with Crippen LogP contribution in [0.25, 0.3) is 0 Å². The highest BCUT2D eigenvalue weighted by Gasteiger charge is 2.60. The van der Waals surface area contributed by atoms with E-state index >= 15 is 0 Å². The van der Waals surface area contributed by atoms with E-state index in [2.05, 4.69) is 48.6 Å². The number of benzene rings is 3. The third kappa shape index (κ3) is 3.73. The quantitative estimate of drug-likeness (QED) is 0.464. The standard InChI is InChI=1S/C26H26N2O/c1-19(2)24(20-12-6-3-7-13-20)27-28-25(29)23-18-26(23,21-14-8-4-9-15-21)22-16-10-5-11-17-22/h3-17,19,23H,18H2,1-2H3,(H,28,29)/t23-/m1/s1. The van der Waals surface area contributed by atoms with Crippen molar-refractivity contribution in [3.8, 4) is 0 Å². The van der Waals surface area contributed by atoms with E-state index in [1.165, 1.54) is 11.1 Å². The average molecular weight is 383 g/mol. The molecule has 0 bridgehead atoms. The molecule has 0 aromatic heterocycles. The number of hydrazone groups is 1. The zero-order valence-electron chi connectivity index (χ0n) is 16.9. The molecule has 29 heavy (non-hydrogen) atoms. The fourth-order valence-corrected chi connectivity index (χ4v) is 4.18. The highest BCUT2D eigenvalue weighted by molar-refractivity contribution is 6.02. The maximum atomic E-state index is 13.1. The first-order valence-electron chi connectivity index (χ1n) is 10.2. The average Bonchev–Trinajstić information content (AvgIpc) is 3.53. The van der Waals surface area contributed by atoms with Crippen LogP contribution in [-0.2, 0) is 10.2 Å². The van der Waals surface area contributed by atoms with E-state index < -0.39 is 0 Å². The molecule has 1 N–H and O–H groups in total. The van der Waals surface area contributed by atoms with Gasteiger partial charge in [0.05, 0.1) is 11.6 Å². The molecule has 3 aromatic carbocycles. The molecule has 0 aliphatic heterocycles. The van der Waals surface area contributed by atoms with Crippen LogP contribution in [0.4, 0.5) is 0 Å². The molecule has 146 valence electrons. The van der Waals surface area contributed by atoms with Gasteiger partial charge in [0, 0.05) is 5.41 Å². The summed E-state index contributed by atoms with van der Waals surface area (Å²) in [6.07, 6.45) is 0.796. The summed E-state index contributed by atoms with van der Waals surface area (Å²) in [5, 5.41) is 4.52. The Morgan fingerprint density at radius 3 is 1.83 bits per heavy atom. The first kappa shape index (κ1) is 19.1. The molecule has 4 rings (SSSR count). The number of nitrogens with one attached hydrogen (secondary N) is 1. The van der Waals surface area contributed by atoms with Crippen molar-refractivity contribution in [2.75, 3.05) is 0 Å². The summed E-state index contributed by atoms with van der Waals surface area (Å²) >= 11 is 0. The van der Waals surface area contributed by atoms with Crippen molar-refractivity contribution in [3.05, 3.63) is 108 Å². The third-order valence-electron chi connectivity index (χ3n) is 5.76. The molecule has 1 aliphatic carbocycles. The molecule has 1 atom stereocenters. The van der Waals surface area contributed by atoms with Gasteiger partial charge in [-0.15, -0.1) is 0 Å². The molecule has 0 radical (unpaired) electrons. The Morgan fingerprint density at radius 2 is 1.34 bits per heavy atom. The van der Waals surface area contributed by atoms with Crippen LogP contribution >= 0.6 is 0 Å². The minimum atomic E-state index is -0.271. The van der Waals surface area contributed by atoms with Gasteiger partial charge in [-0.05, 0) is 29.0 Å². The summed E-state index contributed by atoms with van der Waals surface area (Å²) in [4.78, 5) is 13.1. The first-order valence-corrected chi connectivity index (χ1v) is 10.2. The van der Waals surface area contributed by atoms with Gasteiger partial charge in [-0.25, -0.2) is 5.43 Å². The van der Waals surface area contributed by atoms with Crippen LogP contribution < -0.4 is 5.43 Å². The molecule has 0 saturated heterocycles. The lowest BCUT2D eigenvalue weighted by Gasteiger charge is -2.18. The second kappa shape index (κ2) is 8.04. The Balaban J connectivity index is 1.61. The van der Waals surface area contributed by atoms with Gasteiger partial charge in [0.1, 0.15) is 0 Å². The van der Waals surface area contributed by atoms with E-state index in [9.17, 15) is 4.79 Å². The molecule has 3 aromatic rings. The maximum absolute atomic E-state index is 13.1. The van der Waals surface area contributed by atoms with Crippen LogP contribution in [0, 0.1) is 11.8 Å². The predicted octanol–water partition coefficient (Wildman–Crippen LogP) is 5.17. The van der Waals surface area contributed by atoms with E-state index in [0.717, 1.165) is 17.7 Å². The number of amides is 1. The zero-order valence-corrected chi connectivity index (χ0v) is 16.9. The Bertz CT molecular complexity index is 955. The third-order valence-corrected chi connectivity index (χ3v) is 5.76. The molecule has 3 nitrogen and oxygen atoms in total. The van der Waals surface area contributed by atoms with Gasteiger partial charge in [-0.3, -0.25) is 4.79 Å². The number of carbonyl (C=O) groups excluding carboxylic acids is 1. The monoisotopic (exact) mass is 382 g/mol. The maximum Gasteiger partial charge on any atom is 0.244 e. The molecular formula is C26H26N2O. The normalized spacial score (nSPS) is 17.8. The van der Waals surface area contributed by atoms with E-state index in [1.54, 1.807) is 0 Å². The van der Waals surface area contributed by atoms with Crippen LogP contribution in [0.3, 0.4) is 0 Å². The van der Waals surface area contributed by atoms with Gasteiger partial charge in [0.15, 0.2) is 0 Å². The zero-order chi connectivity index (χ0) is 20.3.